The Morgan fingerprint density at radius 2 is 2.06 bits per heavy atom. The summed E-state index contributed by atoms with van der Waals surface area (Å²) < 4.78 is 1.46. The van der Waals surface area contributed by atoms with E-state index in [9.17, 15) is 9.59 Å². The van der Waals surface area contributed by atoms with Crippen molar-refractivity contribution in [2.24, 2.45) is 7.05 Å². The summed E-state index contributed by atoms with van der Waals surface area (Å²) in [5.41, 5.74) is 1.37. The van der Waals surface area contributed by atoms with Crippen molar-refractivity contribution in [3.63, 3.8) is 0 Å². The van der Waals surface area contributed by atoms with E-state index in [1.165, 1.54) is 4.57 Å². The number of benzene rings is 1. The fourth-order valence-electron chi connectivity index (χ4n) is 1.84. The first kappa shape index (κ1) is 10.9. The lowest BCUT2D eigenvalue weighted by Crippen LogP contribution is -2.22. The Bertz CT molecular complexity index is 643. The zero-order valence-corrected chi connectivity index (χ0v) is 9.71. The number of nitrogens with zero attached hydrogens (tertiary/aromatic N) is 1. The van der Waals surface area contributed by atoms with Gasteiger partial charge in [0.05, 0.1) is 11.1 Å². The molecule has 0 bridgehead atoms. The minimum Gasteiger partial charge on any atom is -0.311 e. The summed E-state index contributed by atoms with van der Waals surface area (Å²) in [7, 11) is 1.64. The summed E-state index contributed by atoms with van der Waals surface area (Å²) in [5.74, 6) is 0. The van der Waals surface area contributed by atoms with Crippen LogP contribution in [0.25, 0.3) is 10.9 Å². The van der Waals surface area contributed by atoms with E-state index in [1.54, 1.807) is 32.2 Å². The first-order valence-corrected chi connectivity index (χ1v) is 5.18. The van der Waals surface area contributed by atoms with Crippen LogP contribution in [-0.4, -0.2) is 10.9 Å². The zero-order chi connectivity index (χ0) is 11.9. The van der Waals surface area contributed by atoms with Gasteiger partial charge in [0, 0.05) is 17.5 Å². The number of carbonyl (C=O) groups is 1. The van der Waals surface area contributed by atoms with Crippen molar-refractivity contribution in [3.05, 3.63) is 44.7 Å². The Morgan fingerprint density at radius 3 is 2.69 bits per heavy atom. The van der Waals surface area contributed by atoms with E-state index in [0.29, 0.717) is 16.9 Å². The average Bonchev–Trinajstić information content (AvgIpc) is 2.27. The lowest BCUT2D eigenvalue weighted by Gasteiger charge is -2.09. The van der Waals surface area contributed by atoms with Crippen LogP contribution >= 0.6 is 11.6 Å². The molecule has 0 saturated carbocycles. The van der Waals surface area contributed by atoms with Crippen LogP contribution in [0, 0.1) is 6.92 Å². The highest BCUT2D eigenvalue weighted by Gasteiger charge is 2.11. The maximum atomic E-state index is 11.8. The molecule has 0 saturated heterocycles. The Labute approximate surface area is 97.3 Å². The number of hydrogen-bond donors (Lipinski definition) is 0. The Morgan fingerprint density at radius 1 is 1.38 bits per heavy atom. The van der Waals surface area contributed by atoms with Gasteiger partial charge in [-0.25, -0.2) is 0 Å². The number of fused-ring (bicyclic) bond motifs is 1. The Hall–Kier alpha value is -1.61. The van der Waals surface area contributed by atoms with E-state index in [2.05, 4.69) is 0 Å². The number of halogens is 1. The fraction of sp³-hybridized carbons (Fsp3) is 0.167. The van der Waals surface area contributed by atoms with Gasteiger partial charge in [-0.05, 0) is 30.7 Å². The van der Waals surface area contributed by atoms with Gasteiger partial charge < -0.3 is 4.57 Å². The number of aryl methyl sites for hydroxylation is 2. The Kier molecular flexibility index (Phi) is 2.56. The van der Waals surface area contributed by atoms with Gasteiger partial charge in [-0.2, -0.15) is 0 Å². The molecule has 4 heteroatoms. The number of hydrogen-bond acceptors (Lipinski definition) is 2. The number of carbonyl (C=O) groups excluding carboxylic acids is 1. The molecular weight excluding hydrogens is 226 g/mol. The molecule has 0 atom stereocenters. The third-order valence-electron chi connectivity index (χ3n) is 2.78. The topological polar surface area (TPSA) is 39.1 Å². The molecule has 0 aliphatic carbocycles. The molecule has 0 N–H and O–H groups in total. The van der Waals surface area contributed by atoms with Crippen LogP contribution in [0.3, 0.4) is 0 Å². The summed E-state index contributed by atoms with van der Waals surface area (Å²) in [5, 5.41) is 1.42. The standard InChI is InChI=1S/C12H10ClNO2/c1-7-9-5-8(13)3-4-11(9)14(2)12(16)10(7)6-15/h3-6H,1-2H3. The van der Waals surface area contributed by atoms with Gasteiger partial charge in [0.1, 0.15) is 0 Å². The molecule has 0 spiro atoms. The first-order chi connectivity index (χ1) is 7.56. The van der Waals surface area contributed by atoms with Gasteiger partial charge in [-0.15, -0.1) is 0 Å². The van der Waals surface area contributed by atoms with Crippen LogP contribution in [0.2, 0.25) is 5.02 Å². The summed E-state index contributed by atoms with van der Waals surface area (Å²) >= 11 is 5.90. The van der Waals surface area contributed by atoms with Crippen molar-refractivity contribution < 1.29 is 4.79 Å². The largest absolute Gasteiger partial charge is 0.311 e. The van der Waals surface area contributed by atoms with Crippen molar-refractivity contribution in [1.82, 2.24) is 4.57 Å². The van der Waals surface area contributed by atoms with E-state index >= 15 is 0 Å². The van der Waals surface area contributed by atoms with Gasteiger partial charge in [-0.1, -0.05) is 11.6 Å². The third kappa shape index (κ3) is 1.44. The van der Waals surface area contributed by atoms with Crippen molar-refractivity contribution >= 4 is 28.8 Å². The normalized spacial score (nSPS) is 10.7. The lowest BCUT2D eigenvalue weighted by molar-refractivity contribution is 0.112. The van der Waals surface area contributed by atoms with Crippen LogP contribution in [0.4, 0.5) is 0 Å². The van der Waals surface area contributed by atoms with Crippen molar-refractivity contribution in [2.75, 3.05) is 0 Å². The van der Waals surface area contributed by atoms with Gasteiger partial charge in [-0.3, -0.25) is 9.59 Å². The molecule has 2 rings (SSSR count). The van der Waals surface area contributed by atoms with E-state index < -0.39 is 0 Å². The predicted octanol–water partition coefficient (Wildman–Crippen LogP) is 2.31. The number of aldehydes is 1. The molecule has 0 amide bonds. The number of aromatic nitrogens is 1. The molecular formula is C12H10ClNO2. The second-order valence-corrected chi connectivity index (χ2v) is 4.12. The molecule has 1 aromatic heterocycles. The highest BCUT2D eigenvalue weighted by molar-refractivity contribution is 6.31. The zero-order valence-electron chi connectivity index (χ0n) is 8.95. The second-order valence-electron chi connectivity index (χ2n) is 3.68. The number of pyridine rings is 1. The molecule has 0 unspecified atom stereocenters. The van der Waals surface area contributed by atoms with E-state index in [-0.39, 0.29) is 11.1 Å². The number of rotatable bonds is 1. The van der Waals surface area contributed by atoms with Crippen LogP contribution in [0.5, 0.6) is 0 Å². The van der Waals surface area contributed by atoms with Crippen LogP contribution in [-0.2, 0) is 7.05 Å². The molecule has 0 radical (unpaired) electrons. The minimum absolute atomic E-state index is 0.192. The average molecular weight is 236 g/mol. The fourth-order valence-corrected chi connectivity index (χ4v) is 2.01. The van der Waals surface area contributed by atoms with Crippen molar-refractivity contribution in [2.45, 2.75) is 6.92 Å². The van der Waals surface area contributed by atoms with Gasteiger partial charge in [0.15, 0.2) is 6.29 Å². The Balaban J connectivity index is 3.08. The monoisotopic (exact) mass is 235 g/mol. The summed E-state index contributed by atoms with van der Waals surface area (Å²) in [6, 6.07) is 5.27. The van der Waals surface area contributed by atoms with Crippen LogP contribution < -0.4 is 5.56 Å². The van der Waals surface area contributed by atoms with Crippen LogP contribution in [0.1, 0.15) is 15.9 Å². The maximum Gasteiger partial charge on any atom is 0.261 e. The van der Waals surface area contributed by atoms with Gasteiger partial charge in [0.2, 0.25) is 0 Å². The third-order valence-corrected chi connectivity index (χ3v) is 3.02. The summed E-state index contributed by atoms with van der Waals surface area (Å²) in [6.07, 6.45) is 0.595. The molecule has 0 aliphatic rings. The summed E-state index contributed by atoms with van der Waals surface area (Å²) in [6.45, 7) is 1.75. The van der Waals surface area contributed by atoms with E-state index in [1.807, 2.05) is 0 Å². The van der Waals surface area contributed by atoms with Crippen molar-refractivity contribution in [3.8, 4) is 0 Å². The molecule has 1 aromatic carbocycles. The minimum atomic E-state index is -0.276. The molecule has 1 heterocycles. The molecule has 2 aromatic rings. The summed E-state index contributed by atoms with van der Waals surface area (Å²) in [4.78, 5) is 22.7. The van der Waals surface area contributed by atoms with E-state index in [0.717, 1.165) is 10.9 Å². The highest BCUT2D eigenvalue weighted by Crippen LogP contribution is 2.22. The lowest BCUT2D eigenvalue weighted by atomic mass is 10.1. The smallest absolute Gasteiger partial charge is 0.261 e. The van der Waals surface area contributed by atoms with Crippen LogP contribution in [0.15, 0.2) is 23.0 Å². The van der Waals surface area contributed by atoms with Gasteiger partial charge >= 0.3 is 0 Å². The second kappa shape index (κ2) is 3.76. The molecule has 0 fully saturated rings. The first-order valence-electron chi connectivity index (χ1n) is 4.80. The van der Waals surface area contributed by atoms with Crippen molar-refractivity contribution in [1.29, 1.82) is 0 Å². The molecule has 0 aliphatic heterocycles. The van der Waals surface area contributed by atoms with E-state index in [4.69, 9.17) is 11.6 Å². The SMILES string of the molecule is Cc1c(C=O)c(=O)n(C)c2ccc(Cl)cc12. The quantitative estimate of drug-likeness (QED) is 0.712. The molecule has 16 heavy (non-hydrogen) atoms. The highest BCUT2D eigenvalue weighted by atomic mass is 35.5. The van der Waals surface area contributed by atoms with Gasteiger partial charge in [0.25, 0.3) is 5.56 Å². The molecule has 82 valence electrons. The predicted molar refractivity (Wildman–Crippen MR) is 64.3 cm³/mol. The molecule has 3 nitrogen and oxygen atoms in total. The maximum absolute atomic E-state index is 11.8.